The van der Waals surface area contributed by atoms with Crippen molar-refractivity contribution in [2.45, 2.75) is 77.4 Å². The molecule has 294 valence electrons. The van der Waals surface area contributed by atoms with E-state index in [1.165, 1.54) is 28.6 Å². The maximum atomic E-state index is 12.8. The third kappa shape index (κ3) is 9.52. The zero-order valence-electron chi connectivity index (χ0n) is 30.4. The van der Waals surface area contributed by atoms with Crippen molar-refractivity contribution in [2.24, 2.45) is 5.92 Å². The Kier molecular flexibility index (Phi) is 12.2. The van der Waals surface area contributed by atoms with Crippen LogP contribution >= 0.6 is 0 Å². The van der Waals surface area contributed by atoms with E-state index in [-0.39, 0.29) is 74.0 Å². The summed E-state index contributed by atoms with van der Waals surface area (Å²) < 4.78 is 43.4. The molecule has 5 heterocycles. The number of carbonyl (C=O) groups is 3. The summed E-state index contributed by atoms with van der Waals surface area (Å²) in [5.41, 5.74) is -1.34. The minimum atomic E-state index is -0.896. The summed E-state index contributed by atoms with van der Waals surface area (Å²) in [6.45, 7) is 5.22. The molecule has 0 radical (unpaired) electrons. The molecule has 4 aromatic rings. The Hall–Kier alpha value is -5.70. The van der Waals surface area contributed by atoms with Gasteiger partial charge in [0.25, 0.3) is 11.1 Å². The Balaban J connectivity index is 1.12. The van der Waals surface area contributed by atoms with Crippen LogP contribution in [-0.4, -0.2) is 97.9 Å². The lowest BCUT2D eigenvalue weighted by Gasteiger charge is -2.21. The predicted octanol–water partition coefficient (Wildman–Crippen LogP) is 1.06. The van der Waals surface area contributed by atoms with Crippen LogP contribution in [0.4, 0.5) is 5.95 Å². The molecule has 0 spiro atoms. The number of para-hydroxylation sites is 1. The largest absolute Gasteiger partial charge is 0.482 e. The first-order valence-electron chi connectivity index (χ1n) is 17.5. The van der Waals surface area contributed by atoms with E-state index >= 15 is 0 Å². The van der Waals surface area contributed by atoms with Crippen LogP contribution in [0.15, 0.2) is 57.2 Å². The van der Waals surface area contributed by atoms with E-state index in [2.05, 4.69) is 25.3 Å². The average Bonchev–Trinajstić information content (AvgIpc) is 3.87. The van der Waals surface area contributed by atoms with Gasteiger partial charge in [0.15, 0.2) is 17.8 Å². The number of aromatic amines is 2. The molecule has 0 saturated carbocycles. The summed E-state index contributed by atoms with van der Waals surface area (Å²) >= 11 is 0. The number of rotatable bonds is 15. The molecule has 3 N–H and O–H groups in total. The van der Waals surface area contributed by atoms with Gasteiger partial charge in [0.1, 0.15) is 49.9 Å². The van der Waals surface area contributed by atoms with Gasteiger partial charge >= 0.3 is 17.6 Å². The molecular formula is C35H41N7O13. The summed E-state index contributed by atoms with van der Waals surface area (Å²) in [7, 11) is 0. The smallest absolute Gasteiger partial charge is 0.344 e. The Labute approximate surface area is 312 Å². The highest BCUT2D eigenvalue weighted by atomic mass is 16.7. The number of aryl methyl sites for hydroxylation is 1. The number of amides is 1. The molecule has 2 aliphatic rings. The number of ether oxygens (including phenoxy) is 7. The van der Waals surface area contributed by atoms with Crippen molar-refractivity contribution in [2.75, 3.05) is 31.9 Å². The van der Waals surface area contributed by atoms with Crippen molar-refractivity contribution in [3.05, 3.63) is 79.6 Å². The molecular weight excluding hydrogens is 726 g/mol. The average molecular weight is 768 g/mol. The van der Waals surface area contributed by atoms with Crippen LogP contribution in [0.5, 0.6) is 5.75 Å². The number of imidazole rings is 1. The molecule has 6 atom stereocenters. The second-order valence-electron chi connectivity index (χ2n) is 13.2. The fourth-order valence-corrected chi connectivity index (χ4v) is 5.96. The van der Waals surface area contributed by atoms with Gasteiger partial charge in [-0.05, 0) is 19.1 Å². The van der Waals surface area contributed by atoms with Gasteiger partial charge in [0.05, 0.1) is 19.0 Å². The van der Waals surface area contributed by atoms with Gasteiger partial charge in [-0.3, -0.25) is 43.6 Å². The quantitative estimate of drug-likeness (QED) is 0.0870. The van der Waals surface area contributed by atoms with Gasteiger partial charge in [-0.15, -0.1) is 0 Å². The molecule has 2 aliphatic heterocycles. The van der Waals surface area contributed by atoms with E-state index in [1.807, 2.05) is 6.07 Å². The van der Waals surface area contributed by atoms with Crippen molar-refractivity contribution >= 4 is 35.0 Å². The first-order chi connectivity index (χ1) is 26.4. The van der Waals surface area contributed by atoms with Crippen molar-refractivity contribution in [3.8, 4) is 5.75 Å². The summed E-state index contributed by atoms with van der Waals surface area (Å²) in [6, 6.07) is 8.72. The normalized spacial score (nSPS) is 22.2. The highest BCUT2D eigenvalue weighted by Gasteiger charge is 2.41. The van der Waals surface area contributed by atoms with E-state index in [0.29, 0.717) is 5.75 Å². The van der Waals surface area contributed by atoms with Gasteiger partial charge in [-0.1, -0.05) is 32.0 Å². The number of esters is 2. The molecule has 6 rings (SSSR count). The molecule has 20 heteroatoms. The van der Waals surface area contributed by atoms with Crippen molar-refractivity contribution in [3.63, 3.8) is 0 Å². The van der Waals surface area contributed by atoms with Crippen molar-refractivity contribution in [1.82, 2.24) is 29.1 Å². The van der Waals surface area contributed by atoms with Gasteiger partial charge in [0.2, 0.25) is 11.9 Å². The first-order valence-corrected chi connectivity index (χ1v) is 17.5. The lowest BCUT2D eigenvalue weighted by atomic mass is 10.2. The van der Waals surface area contributed by atoms with Gasteiger partial charge in [-0.2, -0.15) is 4.98 Å². The second-order valence-corrected chi connectivity index (χ2v) is 13.2. The third-order valence-electron chi connectivity index (χ3n) is 8.81. The van der Waals surface area contributed by atoms with Crippen molar-refractivity contribution < 1.29 is 47.5 Å². The van der Waals surface area contributed by atoms with Crippen LogP contribution in [0.25, 0.3) is 11.2 Å². The van der Waals surface area contributed by atoms with Crippen LogP contribution in [0.3, 0.4) is 0 Å². The molecule has 55 heavy (non-hydrogen) atoms. The van der Waals surface area contributed by atoms with Gasteiger partial charge < -0.3 is 33.2 Å². The monoisotopic (exact) mass is 767 g/mol. The van der Waals surface area contributed by atoms with E-state index in [4.69, 9.17) is 33.2 Å². The SMILES string of the molecule is CC(=O)OC[C@H]1O[C@@H](n2cnc3c(=O)[nH]c(NC(=O)C(C)C)nc32)C[C@@H]1OCOC[C@H]1O[C@@H](n2cc(C)c(=O)[nH]c2=O)C[C@@H]1OC(=O)COc1ccccc1. The number of hydrogen-bond acceptors (Lipinski definition) is 15. The molecule has 3 aromatic heterocycles. The Morgan fingerprint density at radius 3 is 2.40 bits per heavy atom. The lowest BCUT2D eigenvalue weighted by Crippen LogP contribution is -2.34. The van der Waals surface area contributed by atoms with E-state index in [9.17, 15) is 28.8 Å². The van der Waals surface area contributed by atoms with E-state index < -0.39 is 65.6 Å². The molecule has 0 aliphatic carbocycles. The fraction of sp³-hybridized carbons (Fsp3) is 0.486. The number of nitrogens with zero attached hydrogens (tertiary/aromatic N) is 4. The fourth-order valence-electron chi connectivity index (χ4n) is 5.96. The molecule has 1 aromatic carbocycles. The highest BCUT2D eigenvalue weighted by molar-refractivity contribution is 5.91. The van der Waals surface area contributed by atoms with Crippen LogP contribution in [-0.2, 0) is 42.8 Å². The number of anilines is 1. The maximum Gasteiger partial charge on any atom is 0.344 e. The Bertz CT molecular complexity index is 2180. The van der Waals surface area contributed by atoms with Crippen LogP contribution in [0, 0.1) is 12.8 Å². The van der Waals surface area contributed by atoms with E-state index in [1.54, 1.807) is 45.0 Å². The minimum absolute atomic E-state index is 0.0198. The number of fused-ring (bicyclic) bond motifs is 1. The number of aromatic nitrogens is 6. The number of hydrogen-bond donors (Lipinski definition) is 3. The predicted molar refractivity (Wildman–Crippen MR) is 189 cm³/mol. The zero-order chi connectivity index (χ0) is 39.2. The molecule has 1 amide bonds. The summed E-state index contributed by atoms with van der Waals surface area (Å²) in [6.07, 6.45) is -1.83. The summed E-state index contributed by atoms with van der Waals surface area (Å²) in [4.78, 5) is 87.5. The molecule has 0 unspecified atom stereocenters. The molecule has 2 saturated heterocycles. The van der Waals surface area contributed by atoms with Gasteiger partial charge in [0, 0.05) is 37.4 Å². The molecule has 20 nitrogen and oxygen atoms in total. The first kappa shape index (κ1) is 39.0. The third-order valence-corrected chi connectivity index (χ3v) is 8.81. The standard InChI is InChI=1S/C35H41N7O13/c1-18(2)31(45)38-34-37-30-29(33(47)39-34)36-16-42(30)27-10-22(25(54-27)14-50-20(4)43)52-17-49-13-24-23(55-28(44)15-51-21-8-6-5-7-9-21)11-26(53-24)41-12-19(3)32(46)40-35(41)48/h5-9,12,16,18,22-27H,10-11,13-15,17H2,1-4H3,(H,40,46,48)(H2,37,38,39,45,47)/t22-,23-,24+,25+,26+,27+/m0/s1. The summed E-state index contributed by atoms with van der Waals surface area (Å²) in [5, 5.41) is 2.57. The zero-order valence-corrected chi connectivity index (χ0v) is 30.4. The minimum Gasteiger partial charge on any atom is -0.482 e. The lowest BCUT2D eigenvalue weighted by molar-refractivity contribution is -0.164. The van der Waals surface area contributed by atoms with Gasteiger partial charge in [-0.25, -0.2) is 14.6 Å². The number of carbonyl (C=O) groups excluding carboxylic acids is 3. The highest BCUT2D eigenvalue weighted by Crippen LogP contribution is 2.34. The number of nitrogens with one attached hydrogen (secondary N) is 3. The van der Waals surface area contributed by atoms with Crippen LogP contribution in [0.1, 0.15) is 51.6 Å². The number of benzene rings is 1. The topological polar surface area (TPSA) is 246 Å². The maximum absolute atomic E-state index is 12.8. The Morgan fingerprint density at radius 1 is 0.964 bits per heavy atom. The summed E-state index contributed by atoms with van der Waals surface area (Å²) in [5.74, 6) is -1.50. The van der Waals surface area contributed by atoms with Crippen LogP contribution < -0.4 is 26.9 Å². The molecule has 2 fully saturated rings. The van der Waals surface area contributed by atoms with Crippen molar-refractivity contribution in [1.29, 1.82) is 0 Å². The Morgan fingerprint density at radius 2 is 1.67 bits per heavy atom. The number of H-pyrrole nitrogens is 2. The van der Waals surface area contributed by atoms with E-state index in [0.717, 1.165) is 0 Å². The molecule has 0 bridgehead atoms. The second kappa shape index (κ2) is 17.2. The van der Waals surface area contributed by atoms with Crippen LogP contribution in [0.2, 0.25) is 0 Å².